The van der Waals surface area contributed by atoms with Gasteiger partial charge in [-0.05, 0) is 19.4 Å². The van der Waals surface area contributed by atoms with E-state index in [1.54, 1.807) is 18.2 Å². The van der Waals surface area contributed by atoms with Crippen LogP contribution in [-0.2, 0) is 0 Å². The van der Waals surface area contributed by atoms with Gasteiger partial charge in [0, 0.05) is 11.6 Å². The highest BCUT2D eigenvalue weighted by Gasteiger charge is 2.14. The summed E-state index contributed by atoms with van der Waals surface area (Å²) in [5.41, 5.74) is 7.36. The van der Waals surface area contributed by atoms with Crippen molar-refractivity contribution in [3.8, 4) is 5.75 Å². The molecule has 4 heteroatoms. The van der Waals surface area contributed by atoms with Crippen molar-refractivity contribution in [1.82, 2.24) is 0 Å². The van der Waals surface area contributed by atoms with Gasteiger partial charge in [0.15, 0.2) is 0 Å². The molecule has 1 aromatic rings. The van der Waals surface area contributed by atoms with Crippen LogP contribution in [0, 0.1) is 0 Å². The van der Waals surface area contributed by atoms with Gasteiger partial charge in [-0.2, -0.15) is 8.78 Å². The maximum absolute atomic E-state index is 12.1. The molecule has 0 spiro atoms. The molecular formula is C12H15F2NO. The molecule has 0 amide bonds. The van der Waals surface area contributed by atoms with Crippen LogP contribution in [0.5, 0.6) is 5.75 Å². The SMILES string of the molecule is C=C(C)CC(N)c1ccccc1OC(F)F. The van der Waals surface area contributed by atoms with Crippen LogP contribution in [0.2, 0.25) is 0 Å². The fourth-order valence-electron chi connectivity index (χ4n) is 1.48. The largest absolute Gasteiger partial charge is 0.434 e. The third-order valence-electron chi connectivity index (χ3n) is 2.10. The zero-order chi connectivity index (χ0) is 12.1. The second-order valence-electron chi connectivity index (χ2n) is 3.68. The third kappa shape index (κ3) is 3.62. The summed E-state index contributed by atoms with van der Waals surface area (Å²) in [4.78, 5) is 0. The number of hydrogen-bond acceptors (Lipinski definition) is 2. The van der Waals surface area contributed by atoms with Gasteiger partial charge in [0.1, 0.15) is 5.75 Å². The minimum Gasteiger partial charge on any atom is -0.434 e. The Labute approximate surface area is 93.7 Å². The number of rotatable bonds is 5. The summed E-state index contributed by atoms with van der Waals surface area (Å²) < 4.78 is 28.7. The first-order chi connectivity index (χ1) is 7.50. The summed E-state index contributed by atoms with van der Waals surface area (Å²) >= 11 is 0. The summed E-state index contributed by atoms with van der Waals surface area (Å²) in [6.07, 6.45) is 0.545. The van der Waals surface area contributed by atoms with Crippen LogP contribution in [0.4, 0.5) is 8.78 Å². The summed E-state index contributed by atoms with van der Waals surface area (Å²) in [6, 6.07) is 6.18. The molecule has 0 saturated carbocycles. The standard InChI is InChI=1S/C12H15F2NO/c1-8(2)7-10(15)9-5-3-4-6-11(9)16-12(13)14/h3-6,10,12H,1,7,15H2,2H3. The van der Waals surface area contributed by atoms with Gasteiger partial charge in [-0.1, -0.05) is 23.8 Å². The maximum Gasteiger partial charge on any atom is 0.387 e. The summed E-state index contributed by atoms with van der Waals surface area (Å²) in [7, 11) is 0. The van der Waals surface area contributed by atoms with Crippen molar-refractivity contribution in [3.63, 3.8) is 0 Å². The second kappa shape index (κ2) is 5.61. The Kier molecular flexibility index (Phi) is 4.43. The van der Waals surface area contributed by atoms with Crippen LogP contribution < -0.4 is 10.5 Å². The summed E-state index contributed by atoms with van der Waals surface area (Å²) in [5, 5.41) is 0. The van der Waals surface area contributed by atoms with Crippen LogP contribution in [-0.4, -0.2) is 6.61 Å². The molecule has 16 heavy (non-hydrogen) atoms. The van der Waals surface area contributed by atoms with Gasteiger partial charge in [-0.25, -0.2) is 0 Å². The zero-order valence-corrected chi connectivity index (χ0v) is 9.12. The van der Waals surface area contributed by atoms with Gasteiger partial charge >= 0.3 is 6.61 Å². The van der Waals surface area contributed by atoms with E-state index in [2.05, 4.69) is 11.3 Å². The molecule has 0 aliphatic carbocycles. The van der Waals surface area contributed by atoms with Gasteiger partial charge in [-0.3, -0.25) is 0 Å². The van der Waals surface area contributed by atoms with E-state index in [4.69, 9.17) is 5.73 Å². The molecule has 2 nitrogen and oxygen atoms in total. The van der Waals surface area contributed by atoms with E-state index in [1.807, 2.05) is 6.92 Å². The molecule has 0 bridgehead atoms. The molecule has 1 unspecified atom stereocenters. The van der Waals surface area contributed by atoms with Gasteiger partial charge < -0.3 is 10.5 Å². The molecule has 1 rings (SSSR count). The molecule has 0 aromatic heterocycles. The number of alkyl halides is 2. The van der Waals surface area contributed by atoms with Crippen molar-refractivity contribution in [2.75, 3.05) is 0 Å². The van der Waals surface area contributed by atoms with Gasteiger partial charge in [-0.15, -0.1) is 6.58 Å². The quantitative estimate of drug-likeness (QED) is 0.783. The predicted octanol–water partition coefficient (Wildman–Crippen LogP) is 3.25. The molecule has 0 aliphatic rings. The first kappa shape index (κ1) is 12.6. The second-order valence-corrected chi connectivity index (χ2v) is 3.68. The Hall–Kier alpha value is -1.42. The molecule has 1 aromatic carbocycles. The van der Waals surface area contributed by atoms with E-state index in [0.717, 1.165) is 5.57 Å². The number of ether oxygens (including phenoxy) is 1. The number of nitrogens with two attached hydrogens (primary N) is 1. The Bertz CT molecular complexity index is 366. The summed E-state index contributed by atoms with van der Waals surface area (Å²) in [6.45, 7) is 2.75. The Morgan fingerprint density at radius 3 is 2.62 bits per heavy atom. The molecule has 0 radical (unpaired) electrons. The lowest BCUT2D eigenvalue weighted by Gasteiger charge is -2.16. The topological polar surface area (TPSA) is 35.2 Å². The Morgan fingerprint density at radius 2 is 2.06 bits per heavy atom. The lowest BCUT2D eigenvalue weighted by molar-refractivity contribution is -0.0506. The number of benzene rings is 1. The molecule has 1 atom stereocenters. The van der Waals surface area contributed by atoms with E-state index in [9.17, 15) is 8.78 Å². The van der Waals surface area contributed by atoms with Gasteiger partial charge in [0.25, 0.3) is 0 Å². The third-order valence-corrected chi connectivity index (χ3v) is 2.10. The average Bonchev–Trinajstić information content (AvgIpc) is 2.16. The first-order valence-electron chi connectivity index (χ1n) is 4.94. The minimum atomic E-state index is -2.84. The number of hydrogen-bond donors (Lipinski definition) is 1. The van der Waals surface area contributed by atoms with Crippen LogP contribution in [0.15, 0.2) is 36.4 Å². The van der Waals surface area contributed by atoms with Gasteiger partial charge in [0.05, 0.1) is 0 Å². The van der Waals surface area contributed by atoms with Crippen molar-refractivity contribution >= 4 is 0 Å². The fourth-order valence-corrected chi connectivity index (χ4v) is 1.48. The lowest BCUT2D eigenvalue weighted by Crippen LogP contribution is -2.13. The minimum absolute atomic E-state index is 0.131. The highest BCUT2D eigenvalue weighted by Crippen LogP contribution is 2.28. The first-order valence-corrected chi connectivity index (χ1v) is 4.94. The predicted molar refractivity (Wildman–Crippen MR) is 59.4 cm³/mol. The normalized spacial score (nSPS) is 12.6. The Morgan fingerprint density at radius 1 is 1.44 bits per heavy atom. The van der Waals surface area contributed by atoms with Gasteiger partial charge in [0.2, 0.25) is 0 Å². The monoisotopic (exact) mass is 227 g/mol. The fraction of sp³-hybridized carbons (Fsp3) is 0.333. The molecule has 0 aliphatic heterocycles. The van der Waals surface area contributed by atoms with Crippen molar-refractivity contribution in [2.24, 2.45) is 5.73 Å². The molecule has 0 fully saturated rings. The maximum atomic E-state index is 12.1. The smallest absolute Gasteiger partial charge is 0.387 e. The number of para-hydroxylation sites is 1. The van der Waals surface area contributed by atoms with Crippen LogP contribution in [0.3, 0.4) is 0 Å². The van der Waals surface area contributed by atoms with Crippen LogP contribution in [0.25, 0.3) is 0 Å². The Balaban J connectivity index is 2.89. The number of halogens is 2. The molecule has 0 heterocycles. The van der Waals surface area contributed by atoms with Crippen molar-refractivity contribution in [2.45, 2.75) is 26.0 Å². The highest BCUT2D eigenvalue weighted by atomic mass is 19.3. The van der Waals surface area contributed by atoms with E-state index >= 15 is 0 Å². The molecular weight excluding hydrogens is 212 g/mol. The van der Waals surface area contributed by atoms with E-state index < -0.39 is 6.61 Å². The van der Waals surface area contributed by atoms with Crippen LogP contribution in [0.1, 0.15) is 24.9 Å². The average molecular weight is 227 g/mol. The highest BCUT2D eigenvalue weighted by molar-refractivity contribution is 5.36. The summed E-state index contributed by atoms with van der Waals surface area (Å²) in [5.74, 6) is 0.131. The van der Waals surface area contributed by atoms with Crippen molar-refractivity contribution in [1.29, 1.82) is 0 Å². The molecule has 2 N–H and O–H groups in total. The lowest BCUT2D eigenvalue weighted by atomic mass is 10.0. The van der Waals surface area contributed by atoms with E-state index in [1.165, 1.54) is 6.07 Å². The molecule has 88 valence electrons. The van der Waals surface area contributed by atoms with Crippen molar-refractivity contribution in [3.05, 3.63) is 42.0 Å². The van der Waals surface area contributed by atoms with E-state index in [0.29, 0.717) is 12.0 Å². The van der Waals surface area contributed by atoms with Crippen molar-refractivity contribution < 1.29 is 13.5 Å². The molecule has 0 saturated heterocycles. The van der Waals surface area contributed by atoms with Crippen LogP contribution >= 0.6 is 0 Å². The zero-order valence-electron chi connectivity index (χ0n) is 9.12. The van der Waals surface area contributed by atoms with E-state index in [-0.39, 0.29) is 11.8 Å².